The van der Waals surface area contributed by atoms with Crippen molar-refractivity contribution in [1.29, 1.82) is 0 Å². The van der Waals surface area contributed by atoms with E-state index in [1.807, 2.05) is 13.8 Å². The summed E-state index contributed by atoms with van der Waals surface area (Å²) in [5, 5.41) is 0. The van der Waals surface area contributed by atoms with Gasteiger partial charge in [0.05, 0.1) is 6.61 Å². The molecular weight excluding hydrogens is 312 g/mol. The van der Waals surface area contributed by atoms with Crippen molar-refractivity contribution in [3.05, 3.63) is 40.9 Å². The zero-order valence-electron chi connectivity index (χ0n) is 10.8. The van der Waals surface area contributed by atoms with Gasteiger partial charge in [0.15, 0.2) is 0 Å². The van der Waals surface area contributed by atoms with Gasteiger partial charge in [-0.1, -0.05) is 29.8 Å². The van der Waals surface area contributed by atoms with Gasteiger partial charge in [-0.3, -0.25) is 0 Å². The first-order valence-corrected chi connectivity index (χ1v) is 6.59. The van der Waals surface area contributed by atoms with Crippen LogP contribution in [-0.2, 0) is 14.3 Å². The molecule has 0 atom stereocenters. The largest absolute Gasteiger partial charge is 0.462 e. The second kappa shape index (κ2) is 7.74. The summed E-state index contributed by atoms with van der Waals surface area (Å²) in [7, 11) is 0. The molecule has 0 amide bonds. The van der Waals surface area contributed by atoms with Crippen molar-refractivity contribution >= 4 is 27.9 Å². The Labute approximate surface area is 120 Å². The molecule has 5 heteroatoms. The molecule has 0 heterocycles. The Morgan fingerprint density at radius 2 is 1.74 bits per heavy atom. The predicted octanol–water partition coefficient (Wildman–Crippen LogP) is 3.11. The fourth-order valence-corrected chi connectivity index (χ4v) is 1.35. The molecule has 0 N–H and O–H groups in total. The highest BCUT2D eigenvalue weighted by molar-refractivity contribution is 9.10. The lowest BCUT2D eigenvalue weighted by molar-refractivity contribution is -0.139. The monoisotopic (exact) mass is 326 g/mol. The highest BCUT2D eigenvalue weighted by Gasteiger charge is 2.03. The highest BCUT2D eigenvalue weighted by atomic mass is 79.9. The Kier molecular flexibility index (Phi) is 6.29. The maximum absolute atomic E-state index is 11.4. The Bertz CT molecular complexity index is 463. The fraction of sp³-hybridized carbons (Fsp3) is 0.286. The summed E-state index contributed by atoms with van der Waals surface area (Å²) in [6.07, 6.45) is 2.11. The summed E-state index contributed by atoms with van der Waals surface area (Å²) in [6, 6.07) is 6.80. The Morgan fingerprint density at radius 3 is 2.32 bits per heavy atom. The summed E-state index contributed by atoms with van der Waals surface area (Å²) in [5.41, 5.74) is 0. The van der Waals surface area contributed by atoms with Crippen LogP contribution in [0.5, 0.6) is 5.75 Å². The molecule has 1 aromatic carbocycles. The molecule has 0 aliphatic heterocycles. The van der Waals surface area contributed by atoms with Gasteiger partial charge in [0.2, 0.25) is 0 Å². The molecule has 0 unspecified atom stereocenters. The molecule has 0 aliphatic rings. The van der Waals surface area contributed by atoms with Crippen LogP contribution in [-0.4, -0.2) is 18.5 Å². The number of ether oxygens (including phenoxy) is 2. The van der Waals surface area contributed by atoms with Crippen LogP contribution >= 0.6 is 15.9 Å². The minimum atomic E-state index is -0.621. The molecule has 19 heavy (non-hydrogen) atoms. The van der Waals surface area contributed by atoms with Crippen LogP contribution in [0.2, 0.25) is 0 Å². The molecule has 0 aliphatic carbocycles. The third-order valence-corrected chi connectivity index (χ3v) is 2.48. The summed E-state index contributed by atoms with van der Waals surface area (Å²) in [5.74, 6) is -0.509. The number of rotatable bonds is 5. The van der Waals surface area contributed by atoms with Gasteiger partial charge in [-0.15, -0.1) is 0 Å². The van der Waals surface area contributed by atoms with Gasteiger partial charge in [-0.05, 0) is 30.2 Å². The van der Waals surface area contributed by atoms with Gasteiger partial charge in [-0.2, -0.15) is 0 Å². The van der Waals surface area contributed by atoms with E-state index in [9.17, 15) is 9.59 Å². The van der Waals surface area contributed by atoms with Crippen molar-refractivity contribution in [2.75, 3.05) is 6.61 Å². The SMILES string of the molecule is CC(C)COC(=O)/C=C/C(=O)Oc1ccc(Br)cc1. The minimum Gasteiger partial charge on any atom is -0.462 e. The normalized spacial score (nSPS) is 10.7. The van der Waals surface area contributed by atoms with Crippen molar-refractivity contribution in [3.63, 3.8) is 0 Å². The molecule has 0 saturated carbocycles. The van der Waals surface area contributed by atoms with E-state index in [0.29, 0.717) is 12.4 Å². The van der Waals surface area contributed by atoms with Gasteiger partial charge in [-0.25, -0.2) is 9.59 Å². The molecule has 0 saturated heterocycles. The molecule has 1 aromatic rings. The molecule has 4 nitrogen and oxygen atoms in total. The summed E-state index contributed by atoms with van der Waals surface area (Å²) >= 11 is 3.27. The van der Waals surface area contributed by atoms with Crippen LogP contribution in [0.25, 0.3) is 0 Å². The van der Waals surface area contributed by atoms with E-state index in [0.717, 1.165) is 16.6 Å². The smallest absolute Gasteiger partial charge is 0.336 e. The van der Waals surface area contributed by atoms with Crippen molar-refractivity contribution in [2.45, 2.75) is 13.8 Å². The third-order valence-electron chi connectivity index (χ3n) is 1.95. The van der Waals surface area contributed by atoms with Gasteiger partial charge in [0, 0.05) is 16.6 Å². The molecule has 102 valence electrons. The van der Waals surface area contributed by atoms with E-state index in [1.54, 1.807) is 24.3 Å². The number of hydrogen-bond acceptors (Lipinski definition) is 4. The van der Waals surface area contributed by atoms with Crippen LogP contribution < -0.4 is 4.74 Å². The van der Waals surface area contributed by atoms with Gasteiger partial charge >= 0.3 is 11.9 Å². The van der Waals surface area contributed by atoms with E-state index in [4.69, 9.17) is 9.47 Å². The number of esters is 2. The predicted molar refractivity (Wildman–Crippen MR) is 74.7 cm³/mol. The lowest BCUT2D eigenvalue weighted by Crippen LogP contribution is -2.09. The van der Waals surface area contributed by atoms with Crippen molar-refractivity contribution in [2.24, 2.45) is 5.92 Å². The molecule has 0 fully saturated rings. The Hall–Kier alpha value is -1.62. The number of halogens is 1. The van der Waals surface area contributed by atoms with Gasteiger partial charge < -0.3 is 9.47 Å². The minimum absolute atomic E-state index is 0.257. The molecule has 1 rings (SSSR count). The second-order valence-corrected chi connectivity index (χ2v) is 5.15. The van der Waals surface area contributed by atoms with E-state index >= 15 is 0 Å². The lowest BCUT2D eigenvalue weighted by Gasteiger charge is -2.04. The number of carbonyl (C=O) groups excluding carboxylic acids is 2. The Morgan fingerprint density at radius 1 is 1.16 bits per heavy atom. The zero-order chi connectivity index (χ0) is 14.3. The Balaban J connectivity index is 2.42. The van der Waals surface area contributed by atoms with E-state index < -0.39 is 11.9 Å². The summed E-state index contributed by atoms with van der Waals surface area (Å²) in [6.45, 7) is 4.18. The third kappa shape index (κ3) is 6.76. The average molecular weight is 327 g/mol. The molecule has 0 spiro atoms. The number of hydrogen-bond donors (Lipinski definition) is 0. The van der Waals surface area contributed by atoms with Gasteiger partial charge in [0.1, 0.15) is 5.75 Å². The van der Waals surface area contributed by atoms with E-state index in [1.165, 1.54) is 0 Å². The quantitative estimate of drug-likeness (QED) is 0.474. The molecule has 0 aromatic heterocycles. The molecule has 0 radical (unpaired) electrons. The van der Waals surface area contributed by atoms with Crippen LogP contribution in [0.4, 0.5) is 0 Å². The first-order valence-electron chi connectivity index (χ1n) is 5.79. The highest BCUT2D eigenvalue weighted by Crippen LogP contribution is 2.16. The van der Waals surface area contributed by atoms with Crippen molar-refractivity contribution < 1.29 is 19.1 Å². The van der Waals surface area contributed by atoms with Crippen LogP contribution in [0.3, 0.4) is 0 Å². The average Bonchev–Trinajstić information content (AvgIpc) is 2.36. The molecule has 0 bridgehead atoms. The maximum Gasteiger partial charge on any atom is 0.336 e. The van der Waals surface area contributed by atoms with Crippen molar-refractivity contribution in [3.8, 4) is 5.75 Å². The van der Waals surface area contributed by atoms with Crippen LogP contribution in [0.1, 0.15) is 13.8 Å². The summed E-state index contributed by atoms with van der Waals surface area (Å²) in [4.78, 5) is 22.6. The second-order valence-electron chi connectivity index (χ2n) is 4.23. The first kappa shape index (κ1) is 15.4. The molecular formula is C14H15BrO4. The van der Waals surface area contributed by atoms with E-state index in [2.05, 4.69) is 15.9 Å². The maximum atomic E-state index is 11.4. The fourth-order valence-electron chi connectivity index (χ4n) is 1.09. The topological polar surface area (TPSA) is 52.6 Å². The number of benzene rings is 1. The van der Waals surface area contributed by atoms with Gasteiger partial charge in [0.25, 0.3) is 0 Å². The van der Waals surface area contributed by atoms with Crippen LogP contribution in [0.15, 0.2) is 40.9 Å². The van der Waals surface area contributed by atoms with E-state index in [-0.39, 0.29) is 5.92 Å². The van der Waals surface area contributed by atoms with Crippen molar-refractivity contribution in [1.82, 2.24) is 0 Å². The standard InChI is InChI=1S/C14H15BrO4/c1-10(2)9-18-13(16)7-8-14(17)19-12-5-3-11(15)4-6-12/h3-8,10H,9H2,1-2H3/b8-7+. The van der Waals surface area contributed by atoms with Crippen LogP contribution in [0, 0.1) is 5.92 Å². The zero-order valence-corrected chi connectivity index (χ0v) is 12.3. The summed E-state index contributed by atoms with van der Waals surface area (Å²) < 4.78 is 10.8. The lowest BCUT2D eigenvalue weighted by atomic mass is 10.2. The first-order chi connectivity index (χ1) is 8.97. The number of carbonyl (C=O) groups is 2.